The first-order chi connectivity index (χ1) is 13.3. The number of aromatic nitrogens is 2. The Bertz CT molecular complexity index is 833. The van der Waals surface area contributed by atoms with E-state index in [4.69, 9.17) is 4.42 Å². The molecule has 2 amide bonds. The second-order valence-corrected chi connectivity index (χ2v) is 8.10. The first kappa shape index (κ1) is 20.1. The number of carbonyl (C=O) groups is 2. The van der Waals surface area contributed by atoms with Gasteiger partial charge in [-0.3, -0.25) is 9.59 Å². The molecule has 152 valence electrons. The van der Waals surface area contributed by atoms with Crippen molar-refractivity contribution in [3.63, 3.8) is 0 Å². The lowest BCUT2D eigenvalue weighted by Gasteiger charge is -2.29. The molecule has 3 N–H and O–H groups in total. The highest BCUT2D eigenvalue weighted by Gasteiger charge is 2.32. The number of furan rings is 1. The third-order valence-corrected chi connectivity index (χ3v) is 5.15. The number of nitrogens with zero attached hydrogens (tertiary/aromatic N) is 2. The molecule has 1 atom stereocenters. The van der Waals surface area contributed by atoms with Gasteiger partial charge in [0.1, 0.15) is 5.69 Å². The monoisotopic (exact) mass is 387 g/mol. The van der Waals surface area contributed by atoms with Crippen LogP contribution < -0.4 is 16.0 Å². The van der Waals surface area contributed by atoms with Gasteiger partial charge in [0, 0.05) is 39.6 Å². The molecule has 0 radical (unpaired) electrons. The number of hydrogen-bond acceptors (Lipinski definition) is 5. The maximum Gasteiger partial charge on any atom is 0.271 e. The highest BCUT2D eigenvalue weighted by atomic mass is 16.3. The molecule has 3 heterocycles. The summed E-state index contributed by atoms with van der Waals surface area (Å²) in [5, 5.41) is 8.96. The largest absolute Gasteiger partial charge is 0.461 e. The Balaban J connectivity index is 1.86. The Kier molecular flexibility index (Phi) is 5.88. The lowest BCUT2D eigenvalue weighted by atomic mass is 9.80. The predicted molar refractivity (Wildman–Crippen MR) is 106 cm³/mol. The molecular formula is C20H29N5O3. The molecule has 0 aromatic carbocycles. The van der Waals surface area contributed by atoms with Gasteiger partial charge in [0.25, 0.3) is 5.91 Å². The minimum Gasteiger partial charge on any atom is -0.461 e. The number of imidazole rings is 1. The van der Waals surface area contributed by atoms with Gasteiger partial charge in [0.15, 0.2) is 11.6 Å². The van der Waals surface area contributed by atoms with E-state index in [1.54, 1.807) is 13.3 Å². The molecule has 8 nitrogen and oxygen atoms in total. The summed E-state index contributed by atoms with van der Waals surface area (Å²) in [6, 6.07) is 3.65. The van der Waals surface area contributed by atoms with Crippen LogP contribution in [-0.4, -0.2) is 48.0 Å². The minimum atomic E-state index is -0.339. The Labute approximate surface area is 165 Å². The number of amides is 2. The Morgan fingerprint density at radius 2 is 2.14 bits per heavy atom. The number of fused-ring (bicyclic) bond motifs is 1. The molecule has 0 fully saturated rings. The molecule has 2 aromatic rings. The summed E-state index contributed by atoms with van der Waals surface area (Å²) in [5.41, 5.74) is 1.02. The number of rotatable bonds is 5. The van der Waals surface area contributed by atoms with Crippen LogP contribution in [0.4, 0.5) is 0 Å². The van der Waals surface area contributed by atoms with Crippen LogP contribution in [0.25, 0.3) is 11.6 Å². The fraction of sp³-hybridized carbons (Fsp3) is 0.550. The lowest BCUT2D eigenvalue weighted by molar-refractivity contribution is -0.127. The summed E-state index contributed by atoms with van der Waals surface area (Å²) in [4.78, 5) is 29.8. The van der Waals surface area contributed by atoms with Gasteiger partial charge in [0.2, 0.25) is 5.91 Å². The molecule has 0 saturated carbocycles. The molecule has 1 aliphatic heterocycles. The van der Waals surface area contributed by atoms with Crippen LogP contribution >= 0.6 is 0 Å². The first-order valence-electron chi connectivity index (χ1n) is 9.66. The van der Waals surface area contributed by atoms with E-state index in [1.807, 2.05) is 37.5 Å². The van der Waals surface area contributed by atoms with E-state index in [1.165, 1.54) is 0 Å². The van der Waals surface area contributed by atoms with E-state index in [0.717, 1.165) is 18.8 Å². The Morgan fingerprint density at radius 3 is 2.79 bits per heavy atom. The van der Waals surface area contributed by atoms with Crippen LogP contribution in [0.5, 0.6) is 0 Å². The standard InChI is InChI=1S/C20H29N5O3/c1-20(2,3)13(18(26)21-4)12-23-19(27)16-14-7-8-22-9-10-25(14)17(24-16)15-6-5-11-28-15/h5-6,11,13,22H,7-10,12H2,1-4H3,(H,21,26)(H,23,27). The average Bonchev–Trinajstić information content (AvgIpc) is 3.22. The van der Waals surface area contributed by atoms with Gasteiger partial charge in [-0.2, -0.15) is 0 Å². The van der Waals surface area contributed by atoms with Crippen LogP contribution in [0.2, 0.25) is 0 Å². The van der Waals surface area contributed by atoms with Crippen LogP contribution in [0.3, 0.4) is 0 Å². The van der Waals surface area contributed by atoms with Gasteiger partial charge in [-0.25, -0.2) is 4.98 Å². The summed E-state index contributed by atoms with van der Waals surface area (Å²) in [6.45, 7) is 8.53. The van der Waals surface area contributed by atoms with Gasteiger partial charge in [-0.15, -0.1) is 0 Å². The maximum absolute atomic E-state index is 13.0. The smallest absolute Gasteiger partial charge is 0.271 e. The number of hydrogen-bond donors (Lipinski definition) is 3. The van der Waals surface area contributed by atoms with Gasteiger partial charge in [-0.1, -0.05) is 20.8 Å². The van der Waals surface area contributed by atoms with Crippen LogP contribution in [0.15, 0.2) is 22.8 Å². The third kappa shape index (κ3) is 4.11. The van der Waals surface area contributed by atoms with Gasteiger partial charge in [0.05, 0.1) is 17.9 Å². The van der Waals surface area contributed by atoms with E-state index in [-0.39, 0.29) is 29.7 Å². The molecule has 1 unspecified atom stereocenters. The van der Waals surface area contributed by atoms with E-state index in [9.17, 15) is 9.59 Å². The molecular weight excluding hydrogens is 358 g/mol. The fourth-order valence-corrected chi connectivity index (χ4v) is 3.52. The quantitative estimate of drug-likeness (QED) is 0.720. The summed E-state index contributed by atoms with van der Waals surface area (Å²) in [7, 11) is 1.61. The molecule has 28 heavy (non-hydrogen) atoms. The number of nitrogens with one attached hydrogen (secondary N) is 3. The molecule has 0 saturated heterocycles. The molecule has 3 rings (SSSR count). The van der Waals surface area contributed by atoms with Crippen LogP contribution in [0, 0.1) is 11.3 Å². The maximum atomic E-state index is 13.0. The molecule has 1 aliphatic rings. The van der Waals surface area contributed by atoms with Gasteiger partial charge >= 0.3 is 0 Å². The van der Waals surface area contributed by atoms with Gasteiger partial charge < -0.3 is 24.9 Å². The normalized spacial score (nSPS) is 15.4. The van der Waals surface area contributed by atoms with Crippen molar-refractivity contribution < 1.29 is 14.0 Å². The van der Waals surface area contributed by atoms with Crippen molar-refractivity contribution in [3.8, 4) is 11.6 Å². The molecule has 2 aromatic heterocycles. The van der Waals surface area contributed by atoms with E-state index in [0.29, 0.717) is 30.2 Å². The lowest BCUT2D eigenvalue weighted by Crippen LogP contribution is -2.44. The molecule has 0 aliphatic carbocycles. The summed E-state index contributed by atoms with van der Waals surface area (Å²) >= 11 is 0. The first-order valence-corrected chi connectivity index (χ1v) is 9.66. The van der Waals surface area contributed by atoms with E-state index >= 15 is 0 Å². The SMILES string of the molecule is CNC(=O)C(CNC(=O)c1nc(-c2ccco2)n2c1CCNCC2)C(C)(C)C. The zero-order valence-corrected chi connectivity index (χ0v) is 17.0. The summed E-state index contributed by atoms with van der Waals surface area (Å²) in [6.07, 6.45) is 2.30. The highest BCUT2D eigenvalue weighted by Crippen LogP contribution is 2.27. The summed E-state index contributed by atoms with van der Waals surface area (Å²) in [5.74, 6) is 0.611. The summed E-state index contributed by atoms with van der Waals surface area (Å²) < 4.78 is 7.57. The fourth-order valence-electron chi connectivity index (χ4n) is 3.52. The van der Waals surface area contributed by atoms with Crippen molar-refractivity contribution >= 4 is 11.8 Å². The van der Waals surface area contributed by atoms with Crippen molar-refractivity contribution in [3.05, 3.63) is 29.8 Å². The zero-order chi connectivity index (χ0) is 20.3. The third-order valence-electron chi connectivity index (χ3n) is 5.15. The van der Waals surface area contributed by atoms with Crippen LogP contribution in [0.1, 0.15) is 37.0 Å². The zero-order valence-electron chi connectivity index (χ0n) is 17.0. The van der Waals surface area contributed by atoms with Crippen molar-refractivity contribution in [2.75, 3.05) is 26.7 Å². The van der Waals surface area contributed by atoms with E-state index < -0.39 is 0 Å². The Hall–Kier alpha value is -2.61. The number of carbonyl (C=O) groups excluding carboxylic acids is 2. The van der Waals surface area contributed by atoms with E-state index in [2.05, 4.69) is 20.9 Å². The van der Waals surface area contributed by atoms with Crippen molar-refractivity contribution in [1.82, 2.24) is 25.5 Å². The minimum absolute atomic E-state index is 0.0862. The molecule has 8 heteroatoms. The second-order valence-electron chi connectivity index (χ2n) is 8.10. The van der Waals surface area contributed by atoms with Crippen LogP contribution in [-0.2, 0) is 17.8 Å². The average molecular weight is 387 g/mol. The predicted octanol–water partition coefficient (Wildman–Crippen LogP) is 1.43. The second kappa shape index (κ2) is 8.18. The van der Waals surface area contributed by atoms with Crippen molar-refractivity contribution in [2.24, 2.45) is 11.3 Å². The molecule has 0 spiro atoms. The topological polar surface area (TPSA) is 101 Å². The van der Waals surface area contributed by atoms with Crippen molar-refractivity contribution in [1.29, 1.82) is 0 Å². The van der Waals surface area contributed by atoms with Gasteiger partial charge in [-0.05, 0) is 17.5 Å². The molecule has 0 bridgehead atoms. The Morgan fingerprint density at radius 1 is 1.36 bits per heavy atom. The highest BCUT2D eigenvalue weighted by molar-refractivity contribution is 5.94. The van der Waals surface area contributed by atoms with Crippen molar-refractivity contribution in [2.45, 2.75) is 33.7 Å².